The number of pyridine rings is 1. The van der Waals surface area contributed by atoms with Gasteiger partial charge in [-0.25, -0.2) is 4.98 Å². The van der Waals surface area contributed by atoms with Crippen LogP contribution in [0.3, 0.4) is 0 Å². The van der Waals surface area contributed by atoms with Crippen molar-refractivity contribution in [3.05, 3.63) is 58.7 Å². The fourth-order valence-corrected chi connectivity index (χ4v) is 4.04. The number of nitrogens with one attached hydrogen (secondary N) is 2. The summed E-state index contributed by atoms with van der Waals surface area (Å²) < 4.78 is 0. The Morgan fingerprint density at radius 3 is 2.96 bits per heavy atom. The summed E-state index contributed by atoms with van der Waals surface area (Å²) in [5, 5.41) is 5.01. The fraction of sp³-hybridized carbons (Fsp3) is 0.158. The zero-order chi connectivity index (χ0) is 17.4. The minimum absolute atomic E-state index is 0.141. The van der Waals surface area contributed by atoms with Crippen molar-refractivity contribution in [3.8, 4) is 0 Å². The van der Waals surface area contributed by atoms with E-state index in [-0.39, 0.29) is 5.91 Å². The highest BCUT2D eigenvalue weighted by atomic mass is 32.1. The van der Waals surface area contributed by atoms with E-state index in [2.05, 4.69) is 21.4 Å². The van der Waals surface area contributed by atoms with Gasteiger partial charge in [0.05, 0.1) is 5.69 Å². The standard InChI is InChI=1S/C19H18N4OS/c1-11-6-7-14-16(20)17(25-19(14)23-11)18(24)21-9-8-12-10-22-15-5-3-2-4-13(12)15/h2-7,10,22H,8-9,20H2,1H3,(H,21,24). The van der Waals surface area contributed by atoms with Gasteiger partial charge in [0.15, 0.2) is 0 Å². The van der Waals surface area contributed by atoms with E-state index in [0.717, 1.165) is 27.8 Å². The number of amides is 1. The molecule has 6 heteroatoms. The van der Waals surface area contributed by atoms with Gasteiger partial charge in [-0.2, -0.15) is 0 Å². The first-order valence-electron chi connectivity index (χ1n) is 8.12. The number of carbonyl (C=O) groups is 1. The lowest BCUT2D eigenvalue weighted by molar-refractivity contribution is 0.0959. The number of benzene rings is 1. The second-order valence-corrected chi connectivity index (χ2v) is 7.01. The number of nitrogens with zero attached hydrogens (tertiary/aromatic N) is 1. The molecule has 4 rings (SSSR count). The highest BCUT2D eigenvalue weighted by molar-refractivity contribution is 7.21. The summed E-state index contributed by atoms with van der Waals surface area (Å²) in [5.74, 6) is -0.141. The number of aromatic nitrogens is 2. The van der Waals surface area contributed by atoms with Crippen molar-refractivity contribution in [2.24, 2.45) is 0 Å². The third-order valence-electron chi connectivity index (χ3n) is 4.29. The molecule has 0 radical (unpaired) electrons. The van der Waals surface area contributed by atoms with Gasteiger partial charge in [0.25, 0.3) is 5.91 Å². The molecule has 126 valence electrons. The van der Waals surface area contributed by atoms with Crippen LogP contribution in [0.2, 0.25) is 0 Å². The van der Waals surface area contributed by atoms with Crippen LogP contribution in [-0.4, -0.2) is 22.4 Å². The molecule has 3 aromatic heterocycles. The number of thiophene rings is 1. The number of aryl methyl sites for hydroxylation is 1. The van der Waals surface area contributed by atoms with E-state index in [4.69, 9.17) is 5.73 Å². The van der Waals surface area contributed by atoms with Crippen LogP contribution < -0.4 is 11.1 Å². The van der Waals surface area contributed by atoms with Gasteiger partial charge in [0, 0.05) is 34.7 Å². The Morgan fingerprint density at radius 1 is 1.24 bits per heavy atom. The van der Waals surface area contributed by atoms with Crippen LogP contribution >= 0.6 is 11.3 Å². The van der Waals surface area contributed by atoms with Gasteiger partial charge in [-0.05, 0) is 37.1 Å². The third-order valence-corrected chi connectivity index (χ3v) is 5.41. The lowest BCUT2D eigenvalue weighted by Crippen LogP contribution is -2.25. The van der Waals surface area contributed by atoms with E-state index in [1.165, 1.54) is 22.3 Å². The largest absolute Gasteiger partial charge is 0.397 e. The summed E-state index contributed by atoms with van der Waals surface area (Å²) in [5.41, 5.74) is 9.87. The number of carbonyl (C=O) groups excluding carboxylic acids is 1. The molecular formula is C19H18N4OS. The van der Waals surface area contributed by atoms with Gasteiger partial charge in [-0.1, -0.05) is 18.2 Å². The van der Waals surface area contributed by atoms with Crippen molar-refractivity contribution in [2.75, 3.05) is 12.3 Å². The highest BCUT2D eigenvalue weighted by Crippen LogP contribution is 2.32. The van der Waals surface area contributed by atoms with Gasteiger partial charge >= 0.3 is 0 Å². The number of hydrogen-bond acceptors (Lipinski definition) is 4. The molecule has 0 fully saturated rings. The Bertz CT molecular complexity index is 1080. The summed E-state index contributed by atoms with van der Waals surface area (Å²) in [6.45, 7) is 2.48. The van der Waals surface area contributed by atoms with Crippen LogP contribution in [0.1, 0.15) is 20.9 Å². The van der Waals surface area contributed by atoms with E-state index in [9.17, 15) is 4.79 Å². The topological polar surface area (TPSA) is 83.8 Å². The molecule has 0 aliphatic rings. The molecule has 4 aromatic rings. The van der Waals surface area contributed by atoms with Crippen molar-refractivity contribution >= 4 is 44.1 Å². The molecule has 0 aliphatic heterocycles. The monoisotopic (exact) mass is 350 g/mol. The Morgan fingerprint density at radius 2 is 2.08 bits per heavy atom. The molecule has 3 heterocycles. The average Bonchev–Trinajstić information content (AvgIpc) is 3.16. The number of para-hydroxylation sites is 1. The lowest BCUT2D eigenvalue weighted by Gasteiger charge is -2.04. The van der Waals surface area contributed by atoms with Crippen LogP contribution in [0.4, 0.5) is 5.69 Å². The van der Waals surface area contributed by atoms with Crippen molar-refractivity contribution in [2.45, 2.75) is 13.3 Å². The van der Waals surface area contributed by atoms with Crippen LogP contribution in [0.15, 0.2) is 42.6 Å². The number of anilines is 1. The highest BCUT2D eigenvalue weighted by Gasteiger charge is 2.17. The number of H-pyrrole nitrogens is 1. The zero-order valence-electron chi connectivity index (χ0n) is 13.8. The first kappa shape index (κ1) is 15.7. The van der Waals surface area contributed by atoms with E-state index in [1.807, 2.05) is 43.5 Å². The molecule has 0 atom stereocenters. The molecule has 1 aromatic carbocycles. The summed E-state index contributed by atoms with van der Waals surface area (Å²) in [6.07, 6.45) is 2.76. The number of fused-ring (bicyclic) bond motifs is 2. The van der Waals surface area contributed by atoms with E-state index < -0.39 is 0 Å². The predicted octanol–water partition coefficient (Wildman–Crippen LogP) is 3.64. The normalized spacial score (nSPS) is 11.2. The second-order valence-electron chi connectivity index (χ2n) is 6.02. The van der Waals surface area contributed by atoms with Gasteiger partial charge in [-0.3, -0.25) is 4.79 Å². The smallest absolute Gasteiger partial charge is 0.263 e. The molecule has 0 saturated carbocycles. The van der Waals surface area contributed by atoms with Crippen molar-refractivity contribution in [1.82, 2.24) is 15.3 Å². The van der Waals surface area contributed by atoms with E-state index in [0.29, 0.717) is 17.1 Å². The zero-order valence-corrected chi connectivity index (χ0v) is 14.6. The van der Waals surface area contributed by atoms with Crippen LogP contribution in [0.5, 0.6) is 0 Å². The van der Waals surface area contributed by atoms with Gasteiger partial charge in [-0.15, -0.1) is 11.3 Å². The number of nitrogens with two attached hydrogens (primary N) is 1. The molecule has 1 amide bonds. The number of nitrogen functional groups attached to an aromatic ring is 1. The summed E-state index contributed by atoms with van der Waals surface area (Å²) >= 11 is 1.34. The number of hydrogen-bond donors (Lipinski definition) is 3. The lowest BCUT2D eigenvalue weighted by atomic mass is 10.1. The molecule has 25 heavy (non-hydrogen) atoms. The number of aromatic amines is 1. The van der Waals surface area contributed by atoms with Crippen LogP contribution in [0, 0.1) is 6.92 Å². The quantitative estimate of drug-likeness (QED) is 0.525. The average molecular weight is 350 g/mol. The maximum atomic E-state index is 12.5. The molecular weight excluding hydrogens is 332 g/mol. The summed E-state index contributed by atoms with van der Waals surface area (Å²) in [7, 11) is 0. The molecule has 0 spiro atoms. The first-order valence-corrected chi connectivity index (χ1v) is 8.94. The molecule has 0 bridgehead atoms. The summed E-state index contributed by atoms with van der Waals surface area (Å²) in [4.78, 5) is 21.5. The minimum atomic E-state index is -0.141. The Labute approximate surface area is 148 Å². The Hall–Kier alpha value is -2.86. The SMILES string of the molecule is Cc1ccc2c(N)c(C(=O)NCCc3c[nH]c4ccccc34)sc2n1. The molecule has 0 unspecified atom stereocenters. The minimum Gasteiger partial charge on any atom is -0.397 e. The van der Waals surface area contributed by atoms with Crippen LogP contribution in [-0.2, 0) is 6.42 Å². The first-order chi connectivity index (χ1) is 12.1. The van der Waals surface area contributed by atoms with Crippen molar-refractivity contribution < 1.29 is 4.79 Å². The predicted molar refractivity (Wildman–Crippen MR) is 103 cm³/mol. The number of rotatable bonds is 4. The van der Waals surface area contributed by atoms with Gasteiger partial charge in [0.2, 0.25) is 0 Å². The van der Waals surface area contributed by atoms with E-state index in [1.54, 1.807) is 0 Å². The van der Waals surface area contributed by atoms with Gasteiger partial charge in [0.1, 0.15) is 9.71 Å². The molecule has 4 N–H and O–H groups in total. The maximum absolute atomic E-state index is 12.5. The maximum Gasteiger partial charge on any atom is 0.263 e. The second kappa shape index (κ2) is 6.22. The Balaban J connectivity index is 1.48. The van der Waals surface area contributed by atoms with Gasteiger partial charge < -0.3 is 16.0 Å². The summed E-state index contributed by atoms with van der Waals surface area (Å²) in [6, 6.07) is 12.0. The van der Waals surface area contributed by atoms with E-state index >= 15 is 0 Å². The third kappa shape index (κ3) is 2.85. The molecule has 0 saturated heterocycles. The van der Waals surface area contributed by atoms with Crippen molar-refractivity contribution in [3.63, 3.8) is 0 Å². The van der Waals surface area contributed by atoms with Crippen LogP contribution in [0.25, 0.3) is 21.1 Å². The molecule has 0 aliphatic carbocycles. The fourth-order valence-electron chi connectivity index (χ4n) is 2.99. The molecule has 5 nitrogen and oxygen atoms in total. The van der Waals surface area contributed by atoms with Crippen molar-refractivity contribution in [1.29, 1.82) is 0 Å². The Kier molecular flexibility index (Phi) is 3.89.